The molecule has 0 aliphatic carbocycles. The molecular weight excluding hydrogens is 326 g/mol. The van der Waals surface area contributed by atoms with Crippen molar-refractivity contribution in [3.8, 4) is 0 Å². The zero-order chi connectivity index (χ0) is 16.8. The van der Waals surface area contributed by atoms with Crippen LogP contribution in [0.25, 0.3) is 0 Å². The number of nitrogens with zero attached hydrogens (tertiary/aromatic N) is 2. The van der Waals surface area contributed by atoms with Crippen molar-refractivity contribution in [2.24, 2.45) is 0 Å². The summed E-state index contributed by atoms with van der Waals surface area (Å²) in [6.45, 7) is 3.49. The molecule has 1 aromatic carbocycles. The third-order valence-corrected chi connectivity index (χ3v) is 4.33. The van der Waals surface area contributed by atoms with Crippen molar-refractivity contribution >= 4 is 23.3 Å². The summed E-state index contributed by atoms with van der Waals surface area (Å²) in [5, 5.41) is 3.57. The lowest BCUT2D eigenvalue weighted by Crippen LogP contribution is -2.38. The molecule has 1 saturated heterocycles. The molecule has 2 heterocycles. The van der Waals surface area contributed by atoms with E-state index in [0.29, 0.717) is 24.8 Å². The second kappa shape index (κ2) is 8.13. The Morgan fingerprint density at radius 2 is 1.92 bits per heavy atom. The van der Waals surface area contributed by atoms with Crippen molar-refractivity contribution in [1.29, 1.82) is 0 Å². The largest absolute Gasteiger partial charge is 0.378 e. The number of carbonyl (C=O) groups excluding carboxylic acids is 1. The minimum atomic E-state index is -0.0557. The zero-order valence-electron chi connectivity index (χ0n) is 13.4. The molecule has 0 radical (unpaired) electrons. The molecule has 6 heteroatoms. The van der Waals surface area contributed by atoms with Crippen LogP contribution < -0.4 is 10.2 Å². The van der Waals surface area contributed by atoms with Gasteiger partial charge in [0.2, 0.25) is 5.91 Å². The predicted molar refractivity (Wildman–Crippen MR) is 94.3 cm³/mol. The van der Waals surface area contributed by atoms with Crippen LogP contribution in [0.4, 0.5) is 5.82 Å². The number of anilines is 1. The maximum Gasteiger partial charge on any atom is 0.224 e. The molecule has 2 aromatic rings. The van der Waals surface area contributed by atoms with E-state index in [1.165, 1.54) is 0 Å². The monoisotopic (exact) mass is 345 g/mol. The van der Waals surface area contributed by atoms with Gasteiger partial charge in [-0.25, -0.2) is 4.98 Å². The lowest BCUT2D eigenvalue weighted by molar-refractivity contribution is -0.120. The van der Waals surface area contributed by atoms with E-state index in [1.54, 1.807) is 12.3 Å². The van der Waals surface area contributed by atoms with Crippen LogP contribution in [0.3, 0.4) is 0 Å². The number of carbonyl (C=O) groups is 1. The van der Waals surface area contributed by atoms with Crippen LogP contribution in [-0.4, -0.2) is 37.2 Å². The number of benzene rings is 1. The fourth-order valence-corrected chi connectivity index (χ4v) is 2.90. The number of morpholine rings is 1. The lowest BCUT2D eigenvalue weighted by atomic mass is 10.1. The predicted octanol–water partition coefficient (Wildman–Crippen LogP) is 2.43. The molecule has 0 spiro atoms. The van der Waals surface area contributed by atoms with Gasteiger partial charge >= 0.3 is 0 Å². The van der Waals surface area contributed by atoms with Crippen LogP contribution in [0.15, 0.2) is 42.6 Å². The molecule has 5 nitrogen and oxygen atoms in total. The van der Waals surface area contributed by atoms with Gasteiger partial charge in [-0.2, -0.15) is 0 Å². The Balaban J connectivity index is 1.62. The maximum absolute atomic E-state index is 12.2. The molecule has 24 heavy (non-hydrogen) atoms. The molecule has 0 bridgehead atoms. The van der Waals surface area contributed by atoms with Crippen LogP contribution in [0.2, 0.25) is 5.02 Å². The lowest BCUT2D eigenvalue weighted by Gasteiger charge is -2.29. The highest BCUT2D eigenvalue weighted by atomic mass is 35.5. The van der Waals surface area contributed by atoms with E-state index in [1.807, 2.05) is 30.3 Å². The van der Waals surface area contributed by atoms with Crippen LogP contribution in [0, 0.1) is 0 Å². The van der Waals surface area contributed by atoms with Crippen LogP contribution in [-0.2, 0) is 22.5 Å². The number of nitrogens with one attached hydrogen (secondary N) is 1. The van der Waals surface area contributed by atoms with E-state index in [0.717, 1.165) is 30.0 Å². The van der Waals surface area contributed by atoms with E-state index < -0.39 is 0 Å². The Hall–Kier alpha value is -2.11. The summed E-state index contributed by atoms with van der Waals surface area (Å²) in [6.07, 6.45) is 2.05. The molecule has 3 rings (SSSR count). The third-order valence-electron chi connectivity index (χ3n) is 3.96. The van der Waals surface area contributed by atoms with Crippen molar-refractivity contribution in [3.05, 3.63) is 58.7 Å². The number of rotatable bonds is 5. The Bertz CT molecular complexity index is 702. The minimum absolute atomic E-state index is 0.0557. The fourth-order valence-electron chi connectivity index (χ4n) is 2.70. The molecule has 1 aliphatic rings. The summed E-state index contributed by atoms with van der Waals surface area (Å²) in [7, 11) is 0. The Kier molecular flexibility index (Phi) is 5.67. The molecule has 126 valence electrons. The third kappa shape index (κ3) is 4.24. The van der Waals surface area contributed by atoms with Crippen molar-refractivity contribution < 1.29 is 9.53 Å². The van der Waals surface area contributed by atoms with Crippen molar-refractivity contribution in [1.82, 2.24) is 10.3 Å². The summed E-state index contributed by atoms with van der Waals surface area (Å²) in [4.78, 5) is 18.9. The van der Waals surface area contributed by atoms with Gasteiger partial charge < -0.3 is 15.0 Å². The molecule has 1 fully saturated rings. The number of halogens is 1. The number of ether oxygens (including phenoxy) is 1. The molecule has 0 unspecified atom stereocenters. The summed E-state index contributed by atoms with van der Waals surface area (Å²) in [5.41, 5.74) is 1.84. The number of hydrogen-bond acceptors (Lipinski definition) is 4. The fraction of sp³-hybridized carbons (Fsp3) is 0.333. The van der Waals surface area contributed by atoms with E-state index >= 15 is 0 Å². The highest BCUT2D eigenvalue weighted by Gasteiger charge is 2.16. The summed E-state index contributed by atoms with van der Waals surface area (Å²) < 4.78 is 5.39. The first-order chi connectivity index (χ1) is 11.7. The van der Waals surface area contributed by atoms with Crippen molar-refractivity contribution in [2.45, 2.75) is 13.0 Å². The smallest absolute Gasteiger partial charge is 0.224 e. The zero-order valence-corrected chi connectivity index (χ0v) is 14.1. The van der Waals surface area contributed by atoms with E-state index in [2.05, 4.69) is 15.2 Å². The molecule has 1 aliphatic heterocycles. The standard InChI is InChI=1S/C18H20ClN3O2/c19-16-6-2-1-4-14(16)12-17(23)21-13-15-5-3-7-20-18(15)22-8-10-24-11-9-22/h1-7H,8-13H2,(H,21,23). The van der Waals surface area contributed by atoms with Crippen LogP contribution >= 0.6 is 11.6 Å². The molecule has 0 saturated carbocycles. The van der Waals surface area contributed by atoms with Crippen molar-refractivity contribution in [2.75, 3.05) is 31.2 Å². The quantitative estimate of drug-likeness (QED) is 0.904. The number of aromatic nitrogens is 1. The molecule has 1 N–H and O–H groups in total. The van der Waals surface area contributed by atoms with Gasteiger partial charge in [-0.3, -0.25) is 4.79 Å². The molecule has 1 aromatic heterocycles. The minimum Gasteiger partial charge on any atom is -0.378 e. The molecular formula is C18H20ClN3O2. The van der Waals surface area contributed by atoms with Crippen LogP contribution in [0.1, 0.15) is 11.1 Å². The average Bonchev–Trinajstić information content (AvgIpc) is 2.63. The van der Waals surface area contributed by atoms with Crippen molar-refractivity contribution in [3.63, 3.8) is 0 Å². The normalized spacial score (nSPS) is 14.5. The van der Waals surface area contributed by atoms with Gasteiger partial charge in [-0.15, -0.1) is 0 Å². The highest BCUT2D eigenvalue weighted by Crippen LogP contribution is 2.19. The van der Waals surface area contributed by atoms with Gasteiger partial charge in [-0.05, 0) is 17.7 Å². The van der Waals surface area contributed by atoms with Gasteiger partial charge in [0.25, 0.3) is 0 Å². The number of amides is 1. The van der Waals surface area contributed by atoms with Gasteiger partial charge in [0, 0.05) is 36.4 Å². The summed E-state index contributed by atoms with van der Waals surface area (Å²) >= 11 is 6.10. The second-order valence-electron chi connectivity index (χ2n) is 5.63. The van der Waals surface area contributed by atoms with Gasteiger partial charge in [0.1, 0.15) is 5.82 Å². The second-order valence-corrected chi connectivity index (χ2v) is 6.04. The number of hydrogen-bond donors (Lipinski definition) is 1. The first-order valence-electron chi connectivity index (χ1n) is 8.01. The van der Waals surface area contributed by atoms with E-state index in [-0.39, 0.29) is 12.3 Å². The number of pyridine rings is 1. The first-order valence-corrected chi connectivity index (χ1v) is 8.38. The van der Waals surface area contributed by atoms with E-state index in [9.17, 15) is 4.79 Å². The van der Waals surface area contributed by atoms with Gasteiger partial charge in [0.05, 0.1) is 19.6 Å². The molecule has 1 amide bonds. The maximum atomic E-state index is 12.2. The summed E-state index contributed by atoms with van der Waals surface area (Å²) in [6, 6.07) is 11.3. The van der Waals surface area contributed by atoms with Gasteiger partial charge in [-0.1, -0.05) is 35.9 Å². The average molecular weight is 346 g/mol. The van der Waals surface area contributed by atoms with E-state index in [4.69, 9.17) is 16.3 Å². The Labute approximate surface area is 146 Å². The summed E-state index contributed by atoms with van der Waals surface area (Å²) in [5.74, 6) is 0.860. The van der Waals surface area contributed by atoms with Crippen LogP contribution in [0.5, 0.6) is 0 Å². The topological polar surface area (TPSA) is 54.5 Å². The Morgan fingerprint density at radius 3 is 2.71 bits per heavy atom. The Morgan fingerprint density at radius 1 is 1.17 bits per heavy atom. The first kappa shape index (κ1) is 16.7. The molecule has 0 atom stereocenters. The van der Waals surface area contributed by atoms with Gasteiger partial charge in [0.15, 0.2) is 0 Å². The SMILES string of the molecule is O=C(Cc1ccccc1Cl)NCc1cccnc1N1CCOCC1. The highest BCUT2D eigenvalue weighted by molar-refractivity contribution is 6.31.